The topological polar surface area (TPSA) is 36.9 Å². The van der Waals surface area contributed by atoms with E-state index in [4.69, 9.17) is 41.7 Å². The molecule has 0 aromatic carbocycles. The number of hydrogen-bond acceptors (Lipinski definition) is 8. The first-order valence-electron chi connectivity index (χ1n) is 9.05. The molecule has 0 saturated carbocycles. The maximum atomic E-state index is 5.63. The summed E-state index contributed by atoms with van der Waals surface area (Å²) in [5, 5.41) is 0. The molecule has 0 amide bonds. The molecule has 0 aromatic heterocycles. The molecular weight excluding hydrogens is 446 g/mol. The third kappa shape index (κ3) is 17.9. The van der Waals surface area contributed by atoms with E-state index in [9.17, 15) is 0 Å². The van der Waals surface area contributed by atoms with Crippen LogP contribution in [0.25, 0.3) is 0 Å². The summed E-state index contributed by atoms with van der Waals surface area (Å²) in [6.07, 6.45) is 8.59. The first-order chi connectivity index (χ1) is 12.1. The molecule has 10 heteroatoms. The van der Waals surface area contributed by atoms with Gasteiger partial charge in [0.15, 0.2) is 0 Å². The molecule has 0 bridgehead atoms. The van der Waals surface area contributed by atoms with Crippen LogP contribution in [-0.4, -0.2) is 37.9 Å². The van der Waals surface area contributed by atoms with Gasteiger partial charge in [0.05, 0.1) is 25.4 Å². The van der Waals surface area contributed by atoms with Gasteiger partial charge in [-0.05, 0) is 76.7 Å². The van der Waals surface area contributed by atoms with Crippen molar-refractivity contribution in [3.05, 3.63) is 0 Å². The summed E-state index contributed by atoms with van der Waals surface area (Å²) < 4.78 is 22.4. The Labute approximate surface area is 180 Å². The molecule has 0 aliphatic carbocycles. The highest BCUT2D eigenvalue weighted by Crippen LogP contribution is 2.61. The Hall–Kier alpha value is 1.84. The largest absolute Gasteiger partial charge is 0.322 e. The first kappa shape index (κ1) is 30.0. The molecule has 0 radical (unpaired) electrons. The lowest BCUT2D eigenvalue weighted by Crippen LogP contribution is -2.05. The average molecular weight is 485 g/mol. The zero-order valence-corrected chi connectivity index (χ0v) is 22.6. The van der Waals surface area contributed by atoms with Crippen LogP contribution in [0.15, 0.2) is 0 Å². The van der Waals surface area contributed by atoms with Crippen molar-refractivity contribution < 1.29 is 18.1 Å². The molecule has 0 aliphatic rings. The number of rotatable bonds is 14. The first-order valence-corrected chi connectivity index (χ1v) is 18.0. The molecule has 0 heterocycles. The standard InChI is InChI=1S/C9H21O2PS2.C7H17O2PS2/c1-4-6-8-10-12(13,14-3)11-9-7-5-2;1-6(2)8-10(11,12-5)9-7(3)4/h4-9H2,1-3H3;6-7H,1-5H3. The van der Waals surface area contributed by atoms with Crippen LogP contribution < -0.4 is 0 Å². The van der Waals surface area contributed by atoms with Gasteiger partial charge in [-0.25, -0.2) is 0 Å². The number of unbranched alkanes of at least 4 members (excludes halogenated alkanes) is 2. The van der Waals surface area contributed by atoms with Crippen molar-refractivity contribution in [2.45, 2.75) is 79.4 Å². The highest BCUT2D eigenvalue weighted by atomic mass is 32.9. The summed E-state index contributed by atoms with van der Waals surface area (Å²) in [7, 11) is 0. The molecular formula is C16H38O4P2S4. The van der Waals surface area contributed by atoms with E-state index >= 15 is 0 Å². The molecule has 0 fully saturated rings. The van der Waals surface area contributed by atoms with Crippen LogP contribution in [0.3, 0.4) is 0 Å². The van der Waals surface area contributed by atoms with Gasteiger partial charge >= 0.3 is 0 Å². The second kappa shape index (κ2) is 17.7. The van der Waals surface area contributed by atoms with Crippen LogP contribution in [-0.2, 0) is 41.7 Å². The fourth-order valence-electron chi connectivity index (χ4n) is 1.41. The van der Waals surface area contributed by atoms with E-state index in [1.165, 1.54) is 11.4 Å². The Bertz CT molecular complexity index is 395. The second-order valence-electron chi connectivity index (χ2n) is 5.94. The van der Waals surface area contributed by atoms with Crippen LogP contribution in [0.2, 0.25) is 0 Å². The Kier molecular flexibility index (Phi) is 20.4. The van der Waals surface area contributed by atoms with Crippen molar-refractivity contribution >= 4 is 57.8 Å². The molecule has 0 saturated heterocycles. The predicted molar refractivity (Wildman–Crippen MR) is 130 cm³/mol. The monoisotopic (exact) mass is 484 g/mol. The predicted octanol–water partition coefficient (Wildman–Crippen LogP) is 7.63. The zero-order chi connectivity index (χ0) is 20.6. The maximum Gasteiger partial charge on any atom is 0.247 e. The van der Waals surface area contributed by atoms with Gasteiger partial charge < -0.3 is 18.1 Å². The Balaban J connectivity index is 0. The van der Waals surface area contributed by atoms with E-state index in [1.807, 2.05) is 40.2 Å². The SMILES string of the molecule is CCCCOP(=S)(OCCCC)SC.CSP(=S)(OC(C)C)OC(C)C. The molecule has 0 spiro atoms. The highest BCUT2D eigenvalue weighted by molar-refractivity contribution is 8.68. The van der Waals surface area contributed by atoms with Crippen LogP contribution in [0, 0.1) is 0 Å². The molecule has 0 aliphatic heterocycles. The molecule has 0 atom stereocenters. The van der Waals surface area contributed by atoms with E-state index in [1.54, 1.807) is 11.4 Å². The average Bonchev–Trinajstić information content (AvgIpc) is 2.54. The summed E-state index contributed by atoms with van der Waals surface area (Å²) in [6, 6.07) is 0. The minimum absolute atomic E-state index is 0.141. The fraction of sp³-hybridized carbons (Fsp3) is 1.00. The Morgan fingerprint density at radius 2 is 1.08 bits per heavy atom. The van der Waals surface area contributed by atoms with Crippen molar-refractivity contribution in [1.29, 1.82) is 0 Å². The lowest BCUT2D eigenvalue weighted by Gasteiger charge is -2.23. The second-order valence-corrected chi connectivity index (χ2v) is 18.7. The van der Waals surface area contributed by atoms with Gasteiger partial charge in [-0.3, -0.25) is 0 Å². The van der Waals surface area contributed by atoms with E-state index in [-0.39, 0.29) is 12.2 Å². The van der Waals surface area contributed by atoms with Gasteiger partial charge in [-0.2, -0.15) is 0 Å². The molecule has 0 unspecified atom stereocenters. The van der Waals surface area contributed by atoms with Crippen molar-refractivity contribution in [2.24, 2.45) is 0 Å². The summed E-state index contributed by atoms with van der Waals surface area (Å²) in [6.45, 7) is 13.7. The van der Waals surface area contributed by atoms with Crippen LogP contribution in [0.5, 0.6) is 0 Å². The zero-order valence-electron chi connectivity index (χ0n) is 17.6. The van der Waals surface area contributed by atoms with Crippen LogP contribution in [0.1, 0.15) is 67.2 Å². The van der Waals surface area contributed by atoms with Gasteiger partial charge in [-0.1, -0.05) is 49.5 Å². The minimum Gasteiger partial charge on any atom is -0.322 e. The quantitative estimate of drug-likeness (QED) is 0.184. The van der Waals surface area contributed by atoms with Gasteiger partial charge in [-0.15, -0.1) is 0 Å². The maximum absolute atomic E-state index is 5.63. The summed E-state index contributed by atoms with van der Waals surface area (Å²) in [4.78, 5) is 0. The van der Waals surface area contributed by atoms with Gasteiger partial charge in [0.2, 0.25) is 11.4 Å². The van der Waals surface area contributed by atoms with Crippen molar-refractivity contribution in [3.63, 3.8) is 0 Å². The third-order valence-electron chi connectivity index (χ3n) is 2.62. The number of hydrogen-bond donors (Lipinski definition) is 0. The summed E-state index contributed by atoms with van der Waals surface area (Å²) >= 11 is 13.7. The van der Waals surface area contributed by atoms with Gasteiger partial charge in [0.25, 0.3) is 0 Å². The molecule has 4 nitrogen and oxygen atoms in total. The molecule has 0 rings (SSSR count). The normalized spacial score (nSPS) is 12.4. The van der Waals surface area contributed by atoms with Crippen molar-refractivity contribution in [2.75, 3.05) is 25.7 Å². The van der Waals surface area contributed by atoms with Gasteiger partial charge in [0.1, 0.15) is 0 Å². The fourth-order valence-corrected chi connectivity index (χ4v) is 7.77. The Morgan fingerprint density at radius 1 is 0.731 bits per heavy atom. The molecule has 160 valence electrons. The molecule has 26 heavy (non-hydrogen) atoms. The smallest absolute Gasteiger partial charge is 0.247 e. The summed E-state index contributed by atoms with van der Waals surface area (Å²) in [5.74, 6) is 0. The van der Waals surface area contributed by atoms with E-state index in [0.717, 1.165) is 38.9 Å². The summed E-state index contributed by atoms with van der Waals surface area (Å²) in [5.41, 5.74) is -4.07. The lowest BCUT2D eigenvalue weighted by molar-refractivity contribution is 0.186. The van der Waals surface area contributed by atoms with E-state index < -0.39 is 11.4 Å². The van der Waals surface area contributed by atoms with E-state index in [2.05, 4.69) is 13.8 Å². The van der Waals surface area contributed by atoms with E-state index in [0.29, 0.717) is 0 Å². The third-order valence-corrected chi connectivity index (χ3v) is 13.5. The Morgan fingerprint density at radius 3 is 1.31 bits per heavy atom. The minimum atomic E-state index is -2.06. The van der Waals surface area contributed by atoms with Crippen molar-refractivity contribution in [1.82, 2.24) is 0 Å². The molecule has 0 aromatic rings. The van der Waals surface area contributed by atoms with Crippen LogP contribution in [0.4, 0.5) is 0 Å². The highest BCUT2D eigenvalue weighted by Gasteiger charge is 2.20. The van der Waals surface area contributed by atoms with Crippen molar-refractivity contribution in [3.8, 4) is 0 Å². The molecule has 0 N–H and O–H groups in total. The lowest BCUT2D eigenvalue weighted by atomic mass is 10.4. The van der Waals surface area contributed by atoms with Crippen LogP contribution >= 0.6 is 34.2 Å². The van der Waals surface area contributed by atoms with Gasteiger partial charge in [0, 0.05) is 0 Å².